The standard InChI is InChI=1S/C20H18F2N2O5/c1-3-27-17-10-14(7-8-16(17)29-20(21)22)19(26)28-12(2)18(25)24-15-6-4-5-13(9-15)11-23/h4-10,12,20H,3H2,1-2H3,(H,24,25)/t12-/m1/s1. The maximum absolute atomic E-state index is 12.5. The molecule has 0 aliphatic carbocycles. The van der Waals surface area contributed by atoms with Gasteiger partial charge in [0.2, 0.25) is 0 Å². The van der Waals surface area contributed by atoms with Gasteiger partial charge in [0.25, 0.3) is 5.91 Å². The second-order valence-corrected chi connectivity index (χ2v) is 5.70. The Balaban J connectivity index is 2.07. The molecule has 0 fully saturated rings. The average molecular weight is 404 g/mol. The summed E-state index contributed by atoms with van der Waals surface area (Å²) in [6.45, 7) is 0.137. The van der Waals surface area contributed by atoms with Crippen molar-refractivity contribution in [3.8, 4) is 17.6 Å². The number of carbonyl (C=O) groups excluding carboxylic acids is 2. The fourth-order valence-corrected chi connectivity index (χ4v) is 2.29. The third-order valence-corrected chi connectivity index (χ3v) is 3.61. The summed E-state index contributed by atoms with van der Waals surface area (Å²) >= 11 is 0. The lowest BCUT2D eigenvalue weighted by Crippen LogP contribution is -2.30. The van der Waals surface area contributed by atoms with Crippen LogP contribution in [0.4, 0.5) is 14.5 Å². The van der Waals surface area contributed by atoms with E-state index in [0.717, 1.165) is 6.07 Å². The number of esters is 1. The lowest BCUT2D eigenvalue weighted by Gasteiger charge is -2.15. The number of nitriles is 1. The van der Waals surface area contributed by atoms with Gasteiger partial charge in [0.1, 0.15) is 0 Å². The second kappa shape index (κ2) is 10.0. The first kappa shape index (κ1) is 21.6. The van der Waals surface area contributed by atoms with E-state index in [-0.39, 0.29) is 23.7 Å². The number of hydrogen-bond acceptors (Lipinski definition) is 6. The number of anilines is 1. The zero-order valence-electron chi connectivity index (χ0n) is 15.6. The van der Waals surface area contributed by atoms with Gasteiger partial charge in [-0.1, -0.05) is 6.07 Å². The molecule has 0 unspecified atom stereocenters. The molecule has 2 rings (SSSR count). The fourth-order valence-electron chi connectivity index (χ4n) is 2.29. The van der Waals surface area contributed by atoms with Gasteiger partial charge in [0.15, 0.2) is 17.6 Å². The van der Waals surface area contributed by atoms with Crippen LogP contribution in [0.5, 0.6) is 11.5 Å². The molecule has 29 heavy (non-hydrogen) atoms. The first-order valence-electron chi connectivity index (χ1n) is 8.57. The Labute approximate surface area is 165 Å². The summed E-state index contributed by atoms with van der Waals surface area (Å²) in [5.41, 5.74) is 0.743. The molecule has 1 amide bonds. The maximum atomic E-state index is 12.5. The van der Waals surface area contributed by atoms with Crippen LogP contribution in [0, 0.1) is 11.3 Å². The van der Waals surface area contributed by atoms with Gasteiger partial charge in [-0.3, -0.25) is 4.79 Å². The number of carbonyl (C=O) groups is 2. The van der Waals surface area contributed by atoms with Crippen molar-refractivity contribution in [2.75, 3.05) is 11.9 Å². The number of hydrogen-bond donors (Lipinski definition) is 1. The van der Waals surface area contributed by atoms with Gasteiger partial charge in [-0.15, -0.1) is 0 Å². The Bertz CT molecular complexity index is 927. The molecule has 0 saturated heterocycles. The smallest absolute Gasteiger partial charge is 0.387 e. The summed E-state index contributed by atoms with van der Waals surface area (Å²) in [4.78, 5) is 24.5. The minimum Gasteiger partial charge on any atom is -0.490 e. The number of nitrogens with one attached hydrogen (secondary N) is 1. The first-order valence-corrected chi connectivity index (χ1v) is 8.57. The van der Waals surface area contributed by atoms with Crippen molar-refractivity contribution >= 4 is 17.6 Å². The lowest BCUT2D eigenvalue weighted by atomic mass is 10.2. The summed E-state index contributed by atoms with van der Waals surface area (Å²) in [5, 5.41) is 11.4. The monoisotopic (exact) mass is 404 g/mol. The number of amides is 1. The van der Waals surface area contributed by atoms with Gasteiger partial charge < -0.3 is 19.5 Å². The van der Waals surface area contributed by atoms with Crippen LogP contribution in [0.3, 0.4) is 0 Å². The summed E-state index contributed by atoms with van der Waals surface area (Å²) in [6, 6.07) is 11.8. The van der Waals surface area contributed by atoms with Crippen molar-refractivity contribution in [2.45, 2.75) is 26.6 Å². The van der Waals surface area contributed by atoms with Gasteiger partial charge >= 0.3 is 12.6 Å². The summed E-state index contributed by atoms with van der Waals surface area (Å²) in [6.07, 6.45) is -1.15. The van der Waals surface area contributed by atoms with Gasteiger partial charge in [-0.25, -0.2) is 4.79 Å². The Morgan fingerprint density at radius 2 is 1.93 bits per heavy atom. The predicted octanol–water partition coefficient (Wildman–Crippen LogP) is 3.74. The maximum Gasteiger partial charge on any atom is 0.387 e. The Morgan fingerprint density at radius 1 is 1.17 bits per heavy atom. The van der Waals surface area contributed by atoms with E-state index in [0.29, 0.717) is 11.3 Å². The third kappa shape index (κ3) is 6.17. The van der Waals surface area contributed by atoms with E-state index in [1.54, 1.807) is 25.1 Å². The molecule has 7 nitrogen and oxygen atoms in total. The molecule has 2 aromatic rings. The number of rotatable bonds is 8. The molecular formula is C20H18F2N2O5. The molecule has 1 N–H and O–H groups in total. The van der Waals surface area contributed by atoms with Crippen LogP contribution in [0.2, 0.25) is 0 Å². The van der Waals surface area contributed by atoms with Crippen molar-refractivity contribution in [1.29, 1.82) is 5.26 Å². The van der Waals surface area contributed by atoms with E-state index < -0.39 is 24.6 Å². The molecule has 0 spiro atoms. The molecule has 0 aromatic heterocycles. The molecule has 0 radical (unpaired) electrons. The van der Waals surface area contributed by atoms with E-state index in [4.69, 9.17) is 14.7 Å². The van der Waals surface area contributed by atoms with Crippen molar-refractivity contribution < 1.29 is 32.6 Å². The highest BCUT2D eigenvalue weighted by Crippen LogP contribution is 2.30. The van der Waals surface area contributed by atoms with Crippen LogP contribution in [-0.4, -0.2) is 31.2 Å². The zero-order valence-corrected chi connectivity index (χ0v) is 15.6. The fraction of sp³-hybridized carbons (Fsp3) is 0.250. The first-order chi connectivity index (χ1) is 13.8. The van der Waals surface area contributed by atoms with E-state index in [1.165, 1.54) is 25.1 Å². The Kier molecular flexibility index (Phi) is 7.48. The molecule has 1 atom stereocenters. The summed E-state index contributed by atoms with van der Waals surface area (Å²) in [7, 11) is 0. The zero-order chi connectivity index (χ0) is 21.4. The molecule has 0 aliphatic heterocycles. The molecule has 0 saturated carbocycles. The van der Waals surface area contributed by atoms with Crippen LogP contribution in [0.15, 0.2) is 42.5 Å². The van der Waals surface area contributed by atoms with E-state index in [1.807, 2.05) is 6.07 Å². The topological polar surface area (TPSA) is 97.6 Å². The van der Waals surface area contributed by atoms with Crippen LogP contribution >= 0.6 is 0 Å². The molecule has 0 bridgehead atoms. The third-order valence-electron chi connectivity index (χ3n) is 3.61. The molecule has 152 valence electrons. The number of nitrogens with zero attached hydrogens (tertiary/aromatic N) is 1. The van der Waals surface area contributed by atoms with Gasteiger partial charge in [-0.2, -0.15) is 14.0 Å². The van der Waals surface area contributed by atoms with Gasteiger partial charge in [0, 0.05) is 5.69 Å². The highest BCUT2D eigenvalue weighted by Gasteiger charge is 2.21. The molecule has 2 aromatic carbocycles. The Morgan fingerprint density at radius 3 is 2.59 bits per heavy atom. The minimum absolute atomic E-state index is 0.00111. The van der Waals surface area contributed by atoms with Crippen LogP contribution < -0.4 is 14.8 Å². The van der Waals surface area contributed by atoms with Crippen LogP contribution in [-0.2, 0) is 9.53 Å². The van der Waals surface area contributed by atoms with Crippen molar-refractivity contribution in [1.82, 2.24) is 0 Å². The van der Waals surface area contributed by atoms with Crippen LogP contribution in [0.25, 0.3) is 0 Å². The lowest BCUT2D eigenvalue weighted by molar-refractivity contribution is -0.123. The predicted molar refractivity (Wildman–Crippen MR) is 98.9 cm³/mol. The van der Waals surface area contributed by atoms with E-state index in [9.17, 15) is 18.4 Å². The molecular weight excluding hydrogens is 386 g/mol. The number of alkyl halides is 2. The average Bonchev–Trinajstić information content (AvgIpc) is 2.69. The van der Waals surface area contributed by atoms with E-state index >= 15 is 0 Å². The number of benzene rings is 2. The van der Waals surface area contributed by atoms with Crippen molar-refractivity contribution in [2.24, 2.45) is 0 Å². The van der Waals surface area contributed by atoms with Crippen molar-refractivity contribution in [3.63, 3.8) is 0 Å². The highest BCUT2D eigenvalue weighted by atomic mass is 19.3. The Hall–Kier alpha value is -3.67. The highest BCUT2D eigenvalue weighted by molar-refractivity contribution is 5.97. The number of ether oxygens (including phenoxy) is 3. The van der Waals surface area contributed by atoms with E-state index in [2.05, 4.69) is 10.1 Å². The van der Waals surface area contributed by atoms with Crippen LogP contribution in [0.1, 0.15) is 29.8 Å². The summed E-state index contributed by atoms with van der Waals surface area (Å²) in [5.74, 6) is -1.71. The second-order valence-electron chi connectivity index (χ2n) is 5.70. The van der Waals surface area contributed by atoms with Gasteiger partial charge in [0.05, 0.1) is 23.8 Å². The molecule has 9 heteroatoms. The minimum atomic E-state index is -3.05. The number of halogens is 2. The summed E-state index contributed by atoms with van der Waals surface area (Å²) < 4.78 is 39.6. The quantitative estimate of drug-likeness (QED) is 0.673. The largest absolute Gasteiger partial charge is 0.490 e. The van der Waals surface area contributed by atoms with Crippen molar-refractivity contribution in [3.05, 3.63) is 53.6 Å². The van der Waals surface area contributed by atoms with Gasteiger partial charge in [-0.05, 0) is 50.2 Å². The SMILES string of the molecule is CCOc1cc(C(=O)O[C@H](C)C(=O)Nc2cccc(C#N)c2)ccc1OC(F)F. The molecule has 0 heterocycles. The normalized spacial score (nSPS) is 11.3. The molecule has 0 aliphatic rings.